The Morgan fingerprint density at radius 3 is 2.94 bits per heavy atom. The predicted octanol–water partition coefficient (Wildman–Crippen LogP) is 3.19. The summed E-state index contributed by atoms with van der Waals surface area (Å²) in [5, 5.41) is 3.15. The molecule has 0 amide bonds. The van der Waals surface area contributed by atoms with Crippen molar-refractivity contribution < 1.29 is 0 Å². The van der Waals surface area contributed by atoms with Gasteiger partial charge in [0, 0.05) is 28.4 Å². The van der Waals surface area contributed by atoms with Crippen LogP contribution < -0.4 is 5.73 Å². The Kier molecular flexibility index (Phi) is 4.09. The van der Waals surface area contributed by atoms with Crippen molar-refractivity contribution in [3.8, 4) is 0 Å². The monoisotopic (exact) mass is 296 g/mol. The summed E-state index contributed by atoms with van der Waals surface area (Å²) in [4.78, 5) is 4.30. The molecule has 16 heavy (non-hydrogen) atoms. The van der Waals surface area contributed by atoms with Gasteiger partial charge in [0.05, 0.1) is 5.01 Å². The number of aromatic nitrogens is 1. The van der Waals surface area contributed by atoms with E-state index in [9.17, 15) is 0 Å². The van der Waals surface area contributed by atoms with Crippen molar-refractivity contribution in [1.29, 1.82) is 0 Å². The van der Waals surface area contributed by atoms with E-state index in [-0.39, 0.29) is 0 Å². The van der Waals surface area contributed by atoms with Gasteiger partial charge in [-0.25, -0.2) is 4.98 Å². The van der Waals surface area contributed by atoms with Crippen LogP contribution in [0.5, 0.6) is 0 Å². The van der Waals surface area contributed by atoms with Crippen LogP contribution in [0, 0.1) is 0 Å². The number of benzene rings is 1. The summed E-state index contributed by atoms with van der Waals surface area (Å²) >= 11 is 5.17. The average Bonchev–Trinajstić information content (AvgIpc) is 2.78. The van der Waals surface area contributed by atoms with Gasteiger partial charge in [0.15, 0.2) is 0 Å². The summed E-state index contributed by atoms with van der Waals surface area (Å²) in [6.07, 6.45) is 2.76. The van der Waals surface area contributed by atoms with Crippen molar-refractivity contribution in [1.82, 2.24) is 4.98 Å². The molecule has 0 bridgehead atoms. The van der Waals surface area contributed by atoms with Crippen molar-refractivity contribution in [2.75, 3.05) is 6.54 Å². The number of halogens is 1. The van der Waals surface area contributed by atoms with Crippen molar-refractivity contribution in [2.45, 2.75) is 12.3 Å². The minimum atomic E-state index is 0.351. The second-order valence-electron chi connectivity index (χ2n) is 3.62. The predicted molar refractivity (Wildman–Crippen MR) is 71.8 cm³/mol. The van der Waals surface area contributed by atoms with E-state index in [0.717, 1.165) is 15.9 Å². The molecule has 0 aliphatic rings. The fourth-order valence-corrected chi connectivity index (χ4v) is 2.78. The number of nitrogens with zero attached hydrogens (tertiary/aromatic N) is 1. The molecular weight excluding hydrogens is 284 g/mol. The fourth-order valence-electron chi connectivity index (χ4n) is 1.66. The van der Waals surface area contributed by atoms with Crippen LogP contribution in [0.25, 0.3) is 0 Å². The third-order valence-corrected chi connectivity index (χ3v) is 3.80. The maximum atomic E-state index is 5.83. The molecular formula is C12H13BrN2S. The van der Waals surface area contributed by atoms with Gasteiger partial charge in [-0.1, -0.05) is 28.1 Å². The van der Waals surface area contributed by atoms with E-state index in [4.69, 9.17) is 5.73 Å². The van der Waals surface area contributed by atoms with E-state index in [1.165, 1.54) is 5.56 Å². The fraction of sp³-hybridized carbons (Fsp3) is 0.250. The molecule has 2 aromatic rings. The van der Waals surface area contributed by atoms with Crippen LogP contribution in [-0.4, -0.2) is 11.5 Å². The van der Waals surface area contributed by atoms with Gasteiger partial charge in [-0.3, -0.25) is 0 Å². The standard InChI is InChI=1S/C12H13BrN2S/c13-11-3-1-2-9(6-11)10(8-14)7-12-15-4-5-16-12/h1-6,10H,7-8,14H2. The molecule has 4 heteroatoms. The van der Waals surface area contributed by atoms with Gasteiger partial charge in [0.2, 0.25) is 0 Å². The zero-order valence-corrected chi connectivity index (χ0v) is 11.2. The van der Waals surface area contributed by atoms with Crippen LogP contribution >= 0.6 is 27.3 Å². The van der Waals surface area contributed by atoms with E-state index >= 15 is 0 Å². The molecule has 1 atom stereocenters. The number of hydrogen-bond acceptors (Lipinski definition) is 3. The van der Waals surface area contributed by atoms with E-state index in [1.807, 2.05) is 23.7 Å². The van der Waals surface area contributed by atoms with Gasteiger partial charge >= 0.3 is 0 Å². The first kappa shape index (κ1) is 11.8. The molecule has 0 saturated carbocycles. The van der Waals surface area contributed by atoms with Gasteiger partial charge in [-0.2, -0.15) is 0 Å². The molecule has 1 aromatic heterocycles. The number of rotatable bonds is 4. The summed E-state index contributed by atoms with van der Waals surface area (Å²) in [7, 11) is 0. The number of hydrogen-bond donors (Lipinski definition) is 1. The lowest BCUT2D eigenvalue weighted by Crippen LogP contribution is -2.14. The Morgan fingerprint density at radius 1 is 1.44 bits per heavy atom. The summed E-state index contributed by atoms with van der Waals surface area (Å²) in [6.45, 7) is 0.649. The van der Waals surface area contributed by atoms with Crippen LogP contribution in [0.1, 0.15) is 16.5 Å². The van der Waals surface area contributed by atoms with Gasteiger partial charge < -0.3 is 5.73 Å². The number of nitrogens with two attached hydrogens (primary N) is 1. The second-order valence-corrected chi connectivity index (χ2v) is 5.51. The molecule has 84 valence electrons. The van der Waals surface area contributed by atoms with E-state index in [0.29, 0.717) is 12.5 Å². The minimum Gasteiger partial charge on any atom is -0.330 e. The molecule has 0 aliphatic carbocycles. The Hall–Kier alpha value is -0.710. The first-order valence-corrected chi connectivity index (χ1v) is 6.80. The smallest absolute Gasteiger partial charge is 0.0931 e. The van der Waals surface area contributed by atoms with E-state index in [2.05, 4.69) is 33.0 Å². The van der Waals surface area contributed by atoms with Crippen molar-refractivity contribution in [3.63, 3.8) is 0 Å². The Bertz CT molecular complexity index is 442. The Labute approximate surface area is 108 Å². The molecule has 2 rings (SSSR count). The zero-order valence-electron chi connectivity index (χ0n) is 8.77. The molecule has 0 fully saturated rings. The summed E-state index contributed by atoms with van der Waals surface area (Å²) in [6, 6.07) is 8.32. The molecule has 2 N–H and O–H groups in total. The molecule has 0 spiro atoms. The topological polar surface area (TPSA) is 38.9 Å². The van der Waals surface area contributed by atoms with Gasteiger partial charge in [-0.05, 0) is 24.2 Å². The van der Waals surface area contributed by atoms with Crippen molar-refractivity contribution in [3.05, 3.63) is 50.9 Å². The highest BCUT2D eigenvalue weighted by Crippen LogP contribution is 2.23. The SMILES string of the molecule is NCC(Cc1nccs1)c1cccc(Br)c1. The lowest BCUT2D eigenvalue weighted by Gasteiger charge is -2.13. The lowest BCUT2D eigenvalue weighted by molar-refractivity contribution is 0.691. The van der Waals surface area contributed by atoms with E-state index < -0.39 is 0 Å². The normalized spacial score (nSPS) is 12.6. The summed E-state index contributed by atoms with van der Waals surface area (Å²) in [5.74, 6) is 0.351. The van der Waals surface area contributed by atoms with Crippen LogP contribution in [-0.2, 0) is 6.42 Å². The highest BCUT2D eigenvalue weighted by atomic mass is 79.9. The molecule has 0 saturated heterocycles. The van der Waals surface area contributed by atoms with Gasteiger partial charge in [0.1, 0.15) is 0 Å². The first-order valence-electron chi connectivity index (χ1n) is 5.13. The number of thiazole rings is 1. The molecule has 0 radical (unpaired) electrons. The molecule has 1 unspecified atom stereocenters. The maximum Gasteiger partial charge on any atom is 0.0931 e. The van der Waals surface area contributed by atoms with Crippen molar-refractivity contribution >= 4 is 27.3 Å². The van der Waals surface area contributed by atoms with Crippen molar-refractivity contribution in [2.24, 2.45) is 5.73 Å². The molecule has 1 heterocycles. The lowest BCUT2D eigenvalue weighted by atomic mass is 9.96. The Balaban J connectivity index is 2.16. The third kappa shape index (κ3) is 2.90. The Morgan fingerprint density at radius 2 is 2.31 bits per heavy atom. The average molecular weight is 297 g/mol. The van der Waals surface area contributed by atoms with E-state index in [1.54, 1.807) is 11.3 Å². The highest BCUT2D eigenvalue weighted by molar-refractivity contribution is 9.10. The van der Waals surface area contributed by atoms with Gasteiger partial charge in [0.25, 0.3) is 0 Å². The van der Waals surface area contributed by atoms with Crippen LogP contribution in [0.15, 0.2) is 40.3 Å². The summed E-state index contributed by atoms with van der Waals surface area (Å²) in [5.41, 5.74) is 7.10. The van der Waals surface area contributed by atoms with Gasteiger partial charge in [-0.15, -0.1) is 11.3 Å². The van der Waals surface area contributed by atoms with Crippen LogP contribution in [0.2, 0.25) is 0 Å². The maximum absolute atomic E-state index is 5.83. The second kappa shape index (κ2) is 5.57. The minimum absolute atomic E-state index is 0.351. The highest BCUT2D eigenvalue weighted by Gasteiger charge is 2.12. The summed E-state index contributed by atoms with van der Waals surface area (Å²) < 4.78 is 1.10. The third-order valence-electron chi connectivity index (χ3n) is 2.51. The molecule has 2 nitrogen and oxygen atoms in total. The largest absolute Gasteiger partial charge is 0.330 e. The molecule has 1 aromatic carbocycles. The van der Waals surface area contributed by atoms with Crippen LogP contribution in [0.3, 0.4) is 0 Å². The quantitative estimate of drug-likeness (QED) is 0.941. The van der Waals surface area contributed by atoms with Crippen LogP contribution in [0.4, 0.5) is 0 Å². The zero-order chi connectivity index (χ0) is 11.4. The molecule has 0 aliphatic heterocycles. The first-order chi connectivity index (χ1) is 7.79.